The number of hydrogen-bond donors (Lipinski definition) is 3. The second kappa shape index (κ2) is 7.23. The van der Waals surface area contributed by atoms with Crippen LogP contribution < -0.4 is 11.5 Å². The van der Waals surface area contributed by atoms with Crippen molar-refractivity contribution in [2.24, 2.45) is 11.5 Å². The van der Waals surface area contributed by atoms with Crippen LogP contribution >= 0.6 is 0 Å². The van der Waals surface area contributed by atoms with Crippen LogP contribution in [-0.4, -0.2) is 39.9 Å². The summed E-state index contributed by atoms with van der Waals surface area (Å²) < 4.78 is 2.20. The Kier molecular flexibility index (Phi) is 5.25. The molecule has 0 spiro atoms. The molecule has 3 atom stereocenters. The topological polar surface area (TPSA) is 80.4 Å². The van der Waals surface area contributed by atoms with Crippen molar-refractivity contribution < 1.29 is 5.11 Å². The van der Waals surface area contributed by atoms with E-state index in [1.165, 1.54) is 6.42 Å². The molecule has 2 aromatic rings. The number of hydrogen-bond acceptors (Lipinski definition) is 4. The van der Waals surface area contributed by atoms with E-state index >= 15 is 0 Å². The summed E-state index contributed by atoms with van der Waals surface area (Å²) in [6.07, 6.45) is 3.10. The van der Waals surface area contributed by atoms with Crippen molar-refractivity contribution in [1.82, 2.24) is 9.47 Å². The first kappa shape index (κ1) is 17.4. The van der Waals surface area contributed by atoms with Crippen LogP contribution in [0.1, 0.15) is 43.5 Å². The maximum absolute atomic E-state index is 10.8. The highest BCUT2D eigenvalue weighted by Gasteiger charge is 2.26. The third-order valence-corrected chi connectivity index (χ3v) is 5.49. The van der Waals surface area contributed by atoms with Gasteiger partial charge in [0.15, 0.2) is 0 Å². The highest BCUT2D eigenvalue weighted by Crippen LogP contribution is 2.30. The van der Waals surface area contributed by atoms with Gasteiger partial charge in [-0.05, 0) is 38.3 Å². The molecule has 0 aliphatic carbocycles. The zero-order valence-electron chi connectivity index (χ0n) is 14.8. The summed E-state index contributed by atoms with van der Waals surface area (Å²) in [6.45, 7) is 6.24. The zero-order chi connectivity index (χ0) is 17.3. The highest BCUT2D eigenvalue weighted by molar-refractivity contribution is 5.86. The van der Waals surface area contributed by atoms with Gasteiger partial charge in [-0.3, -0.25) is 4.90 Å². The molecule has 3 unspecified atom stereocenters. The van der Waals surface area contributed by atoms with Crippen molar-refractivity contribution >= 4 is 10.9 Å². The number of rotatable bonds is 5. The molecule has 1 fully saturated rings. The number of aliphatic hydroxyl groups excluding tert-OH is 1. The Morgan fingerprint density at radius 2 is 2.04 bits per heavy atom. The lowest BCUT2D eigenvalue weighted by atomic mass is 10.0. The molecule has 1 aliphatic rings. The van der Waals surface area contributed by atoms with E-state index in [1.54, 1.807) is 0 Å². The molecule has 132 valence electrons. The molecule has 0 bridgehead atoms. The fraction of sp³-hybridized carbons (Fsp3) is 0.579. The molecule has 0 saturated carbocycles. The van der Waals surface area contributed by atoms with E-state index in [2.05, 4.69) is 35.4 Å². The summed E-state index contributed by atoms with van der Waals surface area (Å²) in [5.41, 5.74) is 15.4. The molecule has 1 aromatic carbocycles. The molecule has 5 N–H and O–H groups in total. The van der Waals surface area contributed by atoms with Crippen molar-refractivity contribution in [1.29, 1.82) is 0 Å². The number of nitrogens with zero attached hydrogens (tertiary/aromatic N) is 2. The van der Waals surface area contributed by atoms with Gasteiger partial charge in [0.25, 0.3) is 0 Å². The fourth-order valence-corrected chi connectivity index (χ4v) is 4.11. The smallest absolute Gasteiger partial charge is 0.125 e. The average molecular weight is 330 g/mol. The fourth-order valence-electron chi connectivity index (χ4n) is 4.11. The Morgan fingerprint density at radius 3 is 2.75 bits per heavy atom. The van der Waals surface area contributed by atoms with E-state index in [1.807, 2.05) is 12.1 Å². The van der Waals surface area contributed by atoms with Crippen molar-refractivity contribution in [3.63, 3.8) is 0 Å². The van der Waals surface area contributed by atoms with Crippen LogP contribution in [0, 0.1) is 6.92 Å². The van der Waals surface area contributed by atoms with E-state index in [0.29, 0.717) is 19.1 Å². The van der Waals surface area contributed by atoms with Gasteiger partial charge in [0.05, 0.1) is 6.54 Å². The van der Waals surface area contributed by atoms with Crippen LogP contribution in [0.15, 0.2) is 24.3 Å². The monoisotopic (exact) mass is 330 g/mol. The molecule has 5 heteroatoms. The number of fused-ring (bicyclic) bond motifs is 1. The third-order valence-electron chi connectivity index (χ3n) is 5.49. The SMILES string of the molecule is Cc1c(C(N)CN)c2ccccc2n1CC(O)N1CCCCC1C. The second-order valence-electron chi connectivity index (χ2n) is 7.03. The highest BCUT2D eigenvalue weighted by atomic mass is 16.3. The molecule has 5 nitrogen and oxygen atoms in total. The first-order valence-electron chi connectivity index (χ1n) is 9.01. The normalized spacial score (nSPS) is 22.0. The lowest BCUT2D eigenvalue weighted by Gasteiger charge is -2.37. The Labute approximate surface area is 144 Å². The van der Waals surface area contributed by atoms with Gasteiger partial charge in [-0.1, -0.05) is 24.6 Å². The standard InChI is InChI=1S/C19H30N4O/c1-13-7-5-6-10-22(13)18(24)12-23-14(2)19(16(21)11-20)15-8-3-4-9-17(15)23/h3-4,8-9,13,16,18,24H,5-7,10-12,20-21H2,1-2H3. The predicted octanol–water partition coefficient (Wildman–Crippen LogP) is 2.10. The number of nitrogens with two attached hydrogens (primary N) is 2. The molecule has 1 saturated heterocycles. The summed E-state index contributed by atoms with van der Waals surface area (Å²) in [4.78, 5) is 2.22. The minimum Gasteiger partial charge on any atom is -0.376 e. The Bertz CT molecular complexity index is 696. The maximum Gasteiger partial charge on any atom is 0.125 e. The largest absolute Gasteiger partial charge is 0.376 e. The van der Waals surface area contributed by atoms with Gasteiger partial charge < -0.3 is 21.1 Å². The van der Waals surface area contributed by atoms with Crippen LogP contribution in [0.4, 0.5) is 0 Å². The Morgan fingerprint density at radius 1 is 1.29 bits per heavy atom. The van der Waals surface area contributed by atoms with Crippen LogP contribution in [0.5, 0.6) is 0 Å². The molecule has 1 aromatic heterocycles. The minimum absolute atomic E-state index is 0.179. The minimum atomic E-state index is -0.475. The third kappa shape index (κ3) is 3.09. The summed E-state index contributed by atoms with van der Waals surface area (Å²) in [7, 11) is 0. The van der Waals surface area contributed by atoms with Crippen molar-refractivity contribution in [2.75, 3.05) is 13.1 Å². The van der Waals surface area contributed by atoms with Crippen LogP contribution in [0.2, 0.25) is 0 Å². The van der Waals surface area contributed by atoms with Crippen molar-refractivity contribution in [3.05, 3.63) is 35.5 Å². The number of piperidine rings is 1. The van der Waals surface area contributed by atoms with Crippen LogP contribution in [0.3, 0.4) is 0 Å². The molecule has 3 rings (SSSR count). The Hall–Kier alpha value is -1.40. The maximum atomic E-state index is 10.8. The summed E-state index contributed by atoms with van der Waals surface area (Å²) in [6, 6.07) is 8.51. The first-order chi connectivity index (χ1) is 11.5. The van der Waals surface area contributed by atoms with Gasteiger partial charge in [0, 0.05) is 41.8 Å². The number of aromatic nitrogens is 1. The van der Waals surface area contributed by atoms with Crippen LogP contribution in [-0.2, 0) is 6.54 Å². The van der Waals surface area contributed by atoms with E-state index in [-0.39, 0.29) is 6.04 Å². The van der Waals surface area contributed by atoms with Crippen molar-refractivity contribution in [2.45, 2.75) is 58.0 Å². The van der Waals surface area contributed by atoms with Gasteiger partial charge in [-0.25, -0.2) is 0 Å². The lowest BCUT2D eigenvalue weighted by Crippen LogP contribution is -2.46. The van der Waals surface area contributed by atoms with E-state index < -0.39 is 6.23 Å². The molecular formula is C19H30N4O. The molecule has 24 heavy (non-hydrogen) atoms. The molecule has 0 radical (unpaired) electrons. The van der Waals surface area contributed by atoms with Crippen molar-refractivity contribution in [3.8, 4) is 0 Å². The zero-order valence-corrected chi connectivity index (χ0v) is 14.8. The van der Waals surface area contributed by atoms with Gasteiger partial charge >= 0.3 is 0 Å². The number of aliphatic hydroxyl groups is 1. The summed E-state index contributed by atoms with van der Waals surface area (Å²) in [5, 5.41) is 12.0. The summed E-state index contributed by atoms with van der Waals surface area (Å²) >= 11 is 0. The van der Waals surface area contributed by atoms with Gasteiger partial charge in [0.1, 0.15) is 6.23 Å². The van der Waals surface area contributed by atoms with Gasteiger partial charge in [0.2, 0.25) is 0 Å². The lowest BCUT2D eigenvalue weighted by molar-refractivity contribution is -0.0448. The number of benzene rings is 1. The quantitative estimate of drug-likeness (QED) is 0.784. The Balaban J connectivity index is 1.95. The van der Waals surface area contributed by atoms with E-state index in [4.69, 9.17) is 11.5 Å². The molecular weight excluding hydrogens is 300 g/mol. The molecule has 1 aliphatic heterocycles. The summed E-state index contributed by atoms with van der Waals surface area (Å²) in [5.74, 6) is 0. The number of likely N-dealkylation sites (tertiary alicyclic amines) is 1. The predicted molar refractivity (Wildman–Crippen MR) is 98.7 cm³/mol. The van der Waals surface area contributed by atoms with Crippen LogP contribution in [0.25, 0.3) is 10.9 Å². The van der Waals surface area contributed by atoms with E-state index in [0.717, 1.165) is 41.5 Å². The number of para-hydroxylation sites is 1. The molecule has 2 heterocycles. The van der Waals surface area contributed by atoms with Gasteiger partial charge in [-0.15, -0.1) is 0 Å². The first-order valence-corrected chi connectivity index (χ1v) is 9.01. The molecule has 0 amide bonds. The van der Waals surface area contributed by atoms with Gasteiger partial charge in [-0.2, -0.15) is 0 Å². The van der Waals surface area contributed by atoms with E-state index in [9.17, 15) is 5.11 Å². The average Bonchev–Trinajstić information content (AvgIpc) is 2.87. The second-order valence-corrected chi connectivity index (χ2v) is 7.03.